The summed E-state index contributed by atoms with van der Waals surface area (Å²) in [6.45, 7) is 0.937. The molecule has 0 bridgehead atoms. The molecule has 1 amide bonds. The highest BCUT2D eigenvalue weighted by molar-refractivity contribution is 5.99. The van der Waals surface area contributed by atoms with Crippen LogP contribution in [0, 0.1) is 0 Å². The molecule has 1 fully saturated rings. The van der Waals surface area contributed by atoms with E-state index >= 15 is 0 Å². The molecule has 1 aliphatic carbocycles. The molecule has 9 heteroatoms. The second-order valence-electron chi connectivity index (χ2n) is 8.49. The lowest BCUT2D eigenvalue weighted by atomic mass is 9.99. The topological polar surface area (TPSA) is 138 Å². The molecule has 1 aromatic carbocycles. The molecule has 1 aliphatic heterocycles. The van der Waals surface area contributed by atoms with Gasteiger partial charge in [-0.15, -0.1) is 0 Å². The Hall–Kier alpha value is -3.17. The zero-order chi connectivity index (χ0) is 22.9. The maximum Gasteiger partial charge on any atom is 0.329 e. The number of fused-ring (bicyclic) bond motifs is 1. The van der Waals surface area contributed by atoms with Gasteiger partial charge in [0.05, 0.1) is 6.10 Å². The lowest BCUT2D eigenvalue weighted by Crippen LogP contribution is -2.44. The van der Waals surface area contributed by atoms with E-state index in [1.54, 1.807) is 43.6 Å². The number of ether oxygens (including phenoxy) is 1. The third-order valence-electron chi connectivity index (χ3n) is 6.31. The van der Waals surface area contributed by atoms with Crippen molar-refractivity contribution >= 4 is 17.7 Å². The average molecular weight is 441 g/mol. The molecule has 5 N–H and O–H groups in total. The Labute approximate surface area is 186 Å². The lowest BCUT2D eigenvalue weighted by Gasteiger charge is -2.28. The van der Waals surface area contributed by atoms with Crippen LogP contribution in [0.2, 0.25) is 0 Å². The normalized spacial score (nSPS) is 19.4. The fraction of sp³-hybridized carbons (Fsp3) is 0.435. The quantitative estimate of drug-likeness (QED) is 0.483. The molecule has 2 aromatic rings. The summed E-state index contributed by atoms with van der Waals surface area (Å²) >= 11 is 0. The molecule has 2 aliphatic rings. The van der Waals surface area contributed by atoms with Crippen LogP contribution in [0.1, 0.15) is 46.9 Å². The maximum atomic E-state index is 12.8. The number of amides is 1. The number of nitrogen functional groups attached to an aromatic ring is 1. The van der Waals surface area contributed by atoms with Gasteiger partial charge in [-0.05, 0) is 55.5 Å². The monoisotopic (exact) mass is 440 g/mol. The summed E-state index contributed by atoms with van der Waals surface area (Å²) in [5.41, 5.74) is 6.61. The molecule has 9 nitrogen and oxygen atoms in total. The van der Waals surface area contributed by atoms with E-state index in [1.807, 2.05) is 0 Å². The first-order chi connectivity index (χ1) is 15.3. The summed E-state index contributed by atoms with van der Waals surface area (Å²) in [5.74, 6) is -0.107. The van der Waals surface area contributed by atoms with Gasteiger partial charge in [-0.2, -0.15) is 0 Å². The number of rotatable bonds is 8. The van der Waals surface area contributed by atoms with E-state index in [1.165, 1.54) is 4.90 Å². The fourth-order valence-corrected chi connectivity index (χ4v) is 4.03. The van der Waals surface area contributed by atoms with Crippen molar-refractivity contribution in [3.8, 4) is 5.75 Å². The van der Waals surface area contributed by atoms with Crippen LogP contribution in [0.4, 0.5) is 5.82 Å². The molecular formula is C23H28N4O5. The standard InChI is InChI=1S/C23H28N4O5/c1-27(23(8-9-23)22(30)31)21(29)15-3-6-19-14(10-15)2-5-17(32-19)12-25-13-18(28)16-4-7-20(24)26-11-16/h3-4,6-7,10-11,17-18,25,28H,2,5,8-9,12-13H2,1H3,(H2,24,26)(H,30,31)/t17-,18+/m1/s1. The van der Waals surface area contributed by atoms with Crippen molar-refractivity contribution in [3.05, 3.63) is 53.2 Å². The van der Waals surface area contributed by atoms with Gasteiger partial charge in [0.1, 0.15) is 23.2 Å². The number of aliphatic carboxylic acids is 1. The summed E-state index contributed by atoms with van der Waals surface area (Å²) in [4.78, 5) is 29.6. The van der Waals surface area contributed by atoms with E-state index in [0.717, 1.165) is 24.2 Å². The minimum atomic E-state index is -1.06. The predicted molar refractivity (Wildman–Crippen MR) is 117 cm³/mol. The van der Waals surface area contributed by atoms with Crippen molar-refractivity contribution in [2.75, 3.05) is 25.9 Å². The first-order valence-electron chi connectivity index (χ1n) is 10.7. The van der Waals surface area contributed by atoms with Crippen LogP contribution in [0.15, 0.2) is 36.5 Å². The highest BCUT2D eigenvalue weighted by atomic mass is 16.5. The molecule has 1 aromatic heterocycles. The number of nitrogens with one attached hydrogen (secondary N) is 1. The van der Waals surface area contributed by atoms with Crippen LogP contribution in [-0.4, -0.2) is 63.8 Å². The lowest BCUT2D eigenvalue weighted by molar-refractivity contribution is -0.143. The van der Waals surface area contributed by atoms with Crippen molar-refractivity contribution in [2.45, 2.75) is 43.4 Å². The molecule has 0 saturated heterocycles. The third kappa shape index (κ3) is 4.39. The van der Waals surface area contributed by atoms with Gasteiger partial charge in [0, 0.05) is 37.5 Å². The Balaban J connectivity index is 1.31. The van der Waals surface area contributed by atoms with Crippen LogP contribution in [0.25, 0.3) is 0 Å². The summed E-state index contributed by atoms with van der Waals surface area (Å²) in [6, 6.07) is 8.66. The first-order valence-corrected chi connectivity index (χ1v) is 10.7. The molecule has 2 atom stereocenters. The number of nitrogens with two attached hydrogens (primary N) is 1. The molecule has 0 spiro atoms. The molecular weight excluding hydrogens is 412 g/mol. The zero-order valence-electron chi connectivity index (χ0n) is 18.0. The van der Waals surface area contributed by atoms with Crippen LogP contribution >= 0.6 is 0 Å². The summed E-state index contributed by atoms with van der Waals surface area (Å²) in [7, 11) is 1.55. The maximum absolute atomic E-state index is 12.8. The van der Waals surface area contributed by atoms with Gasteiger partial charge in [-0.1, -0.05) is 6.07 Å². The number of hydrogen-bond donors (Lipinski definition) is 4. The average Bonchev–Trinajstić information content (AvgIpc) is 3.60. The molecule has 1 saturated carbocycles. The number of anilines is 1. The predicted octanol–water partition coefficient (Wildman–Crippen LogP) is 1.37. The van der Waals surface area contributed by atoms with Gasteiger partial charge in [0.15, 0.2) is 0 Å². The molecule has 0 unspecified atom stereocenters. The smallest absolute Gasteiger partial charge is 0.329 e. The summed E-state index contributed by atoms with van der Waals surface area (Å²) in [6.07, 6.45) is 3.31. The number of carbonyl (C=O) groups excluding carboxylic acids is 1. The van der Waals surface area contributed by atoms with Gasteiger partial charge in [-0.25, -0.2) is 9.78 Å². The molecule has 0 radical (unpaired) electrons. The number of carbonyl (C=O) groups is 2. The SMILES string of the molecule is CN(C(=O)c1ccc2c(c1)CC[C@H](CNC[C@H](O)c1ccc(N)nc1)O2)C1(C(=O)O)CC1. The number of aryl methyl sites for hydroxylation is 1. The number of aromatic nitrogens is 1. The van der Waals surface area contributed by atoms with Gasteiger partial charge >= 0.3 is 5.97 Å². The van der Waals surface area contributed by atoms with Crippen molar-refractivity contribution in [3.63, 3.8) is 0 Å². The van der Waals surface area contributed by atoms with Crippen LogP contribution in [-0.2, 0) is 11.2 Å². The van der Waals surface area contributed by atoms with E-state index in [-0.39, 0.29) is 12.0 Å². The minimum Gasteiger partial charge on any atom is -0.489 e. The number of likely N-dealkylation sites (N-methyl/N-ethyl adjacent to an activating group) is 1. The number of nitrogens with zero attached hydrogens (tertiary/aromatic N) is 2. The number of benzene rings is 1. The second-order valence-corrected chi connectivity index (χ2v) is 8.49. The fourth-order valence-electron chi connectivity index (χ4n) is 4.03. The highest BCUT2D eigenvalue weighted by Gasteiger charge is 2.55. The molecule has 32 heavy (non-hydrogen) atoms. The van der Waals surface area contributed by atoms with Gasteiger partial charge in [0.25, 0.3) is 5.91 Å². The Morgan fingerprint density at radius 2 is 2.12 bits per heavy atom. The third-order valence-corrected chi connectivity index (χ3v) is 6.31. The first kappa shape index (κ1) is 22.0. The van der Waals surface area contributed by atoms with E-state index in [9.17, 15) is 19.8 Å². The van der Waals surface area contributed by atoms with E-state index < -0.39 is 17.6 Å². The number of aliphatic hydroxyl groups is 1. The Morgan fingerprint density at radius 1 is 1.34 bits per heavy atom. The summed E-state index contributed by atoms with van der Waals surface area (Å²) < 4.78 is 6.06. The van der Waals surface area contributed by atoms with Gasteiger partial charge < -0.3 is 30.9 Å². The number of carboxylic acid groups (broad SMARTS) is 1. The van der Waals surface area contributed by atoms with Crippen molar-refractivity contribution in [1.29, 1.82) is 0 Å². The Bertz CT molecular complexity index is 1010. The number of aliphatic hydroxyl groups excluding tert-OH is 1. The molecule has 2 heterocycles. The Morgan fingerprint density at radius 3 is 2.78 bits per heavy atom. The van der Waals surface area contributed by atoms with Crippen LogP contribution < -0.4 is 15.8 Å². The van der Waals surface area contributed by atoms with Crippen LogP contribution in [0.3, 0.4) is 0 Å². The number of hydrogen-bond acceptors (Lipinski definition) is 7. The summed E-state index contributed by atoms with van der Waals surface area (Å²) in [5, 5.41) is 22.9. The highest BCUT2D eigenvalue weighted by Crippen LogP contribution is 2.42. The Kier molecular flexibility index (Phi) is 6.03. The number of carboxylic acids is 1. The molecule has 4 rings (SSSR count). The number of pyridine rings is 1. The van der Waals surface area contributed by atoms with Gasteiger partial charge in [-0.3, -0.25) is 4.79 Å². The van der Waals surface area contributed by atoms with Gasteiger partial charge in [0.2, 0.25) is 0 Å². The van der Waals surface area contributed by atoms with Crippen molar-refractivity contribution in [2.24, 2.45) is 0 Å². The van der Waals surface area contributed by atoms with Crippen molar-refractivity contribution in [1.82, 2.24) is 15.2 Å². The second kappa shape index (κ2) is 8.76. The van der Waals surface area contributed by atoms with Crippen LogP contribution in [0.5, 0.6) is 5.75 Å². The zero-order valence-corrected chi connectivity index (χ0v) is 18.0. The molecule has 170 valence electrons. The van der Waals surface area contributed by atoms with Crippen molar-refractivity contribution < 1.29 is 24.5 Å². The van der Waals surface area contributed by atoms with E-state index in [4.69, 9.17) is 10.5 Å². The van der Waals surface area contributed by atoms with E-state index in [0.29, 0.717) is 42.9 Å². The largest absolute Gasteiger partial charge is 0.489 e. The minimum absolute atomic E-state index is 0.0507. The van der Waals surface area contributed by atoms with E-state index in [2.05, 4.69) is 10.3 Å².